The molecule has 0 saturated carbocycles. The number of imide groups is 2. The minimum Gasteiger partial charge on any atom is -0.457 e. The number of aryl methyl sites for hydroxylation is 2. The number of hydrogen-bond donors (Lipinski definition) is 0. The highest BCUT2D eigenvalue weighted by atomic mass is 32.2. The first-order valence-corrected chi connectivity index (χ1v) is 16.9. The van der Waals surface area contributed by atoms with Crippen molar-refractivity contribution in [2.24, 2.45) is 0 Å². The Bertz CT molecular complexity index is 2040. The Morgan fingerprint density at radius 3 is 1.17 bits per heavy atom. The van der Waals surface area contributed by atoms with E-state index in [4.69, 9.17) is 13.3 Å². The van der Waals surface area contributed by atoms with Crippen molar-refractivity contribution >= 4 is 43.9 Å². The number of hydrogen-bond acceptors (Lipinski definition) is 11. The zero-order chi connectivity index (χ0) is 33.7. The summed E-state index contributed by atoms with van der Waals surface area (Å²) in [5.74, 6) is -4.04. The van der Waals surface area contributed by atoms with E-state index in [-0.39, 0.29) is 53.7 Å². The first-order chi connectivity index (χ1) is 22.3. The Balaban J connectivity index is 1.18. The molecule has 4 amide bonds. The number of nitrogens with zero attached hydrogens (tertiary/aromatic N) is 2. The van der Waals surface area contributed by atoms with Crippen LogP contribution in [0.1, 0.15) is 66.4 Å². The molecule has 2 heterocycles. The van der Waals surface area contributed by atoms with Crippen molar-refractivity contribution in [2.45, 2.75) is 36.5 Å². The molecule has 13 nitrogen and oxygen atoms in total. The third kappa shape index (κ3) is 5.81. The molecular formula is C32H24N2O11S2. The van der Waals surface area contributed by atoms with Gasteiger partial charge < -0.3 is 4.74 Å². The Hall–Kier alpha value is -5.22. The average Bonchev–Trinajstić information content (AvgIpc) is 3.43. The number of rotatable bonds is 10. The molecule has 0 N–H and O–H groups in total. The molecular weight excluding hydrogens is 652 g/mol. The standard InChI is InChI=1S/C32H24N2O11S2/c1-3-19-5-11-23(12-6-19)46(39,40)44-33-29(35)25-15-9-21(17-27(25)31(33)37)43-22-10-16-26-28(18-22)32(38)34(30(26)36)45-47(41,42)24-13-7-20(4-2)8-14-24/h5-18H,3-4H2,1-2H3. The number of ether oxygens (including phenoxy) is 1. The van der Waals surface area contributed by atoms with Crippen molar-refractivity contribution in [1.29, 1.82) is 0 Å². The van der Waals surface area contributed by atoms with Gasteiger partial charge in [-0.25, -0.2) is 0 Å². The summed E-state index contributed by atoms with van der Waals surface area (Å²) in [6, 6.07) is 19.1. The molecule has 47 heavy (non-hydrogen) atoms. The van der Waals surface area contributed by atoms with Crippen LogP contribution >= 0.6 is 0 Å². The zero-order valence-corrected chi connectivity index (χ0v) is 26.3. The van der Waals surface area contributed by atoms with E-state index in [2.05, 4.69) is 0 Å². The monoisotopic (exact) mass is 676 g/mol. The van der Waals surface area contributed by atoms with E-state index in [1.807, 2.05) is 13.8 Å². The first kappa shape index (κ1) is 31.7. The molecule has 15 heteroatoms. The Kier molecular flexibility index (Phi) is 8.01. The van der Waals surface area contributed by atoms with Gasteiger partial charge in [0.25, 0.3) is 23.6 Å². The highest BCUT2D eigenvalue weighted by Gasteiger charge is 2.42. The second kappa shape index (κ2) is 11.9. The number of hydroxylamine groups is 4. The molecule has 0 spiro atoms. The molecule has 0 unspecified atom stereocenters. The summed E-state index contributed by atoms with van der Waals surface area (Å²) in [5.41, 5.74) is 1.09. The molecule has 2 aliphatic heterocycles. The minimum atomic E-state index is -4.52. The summed E-state index contributed by atoms with van der Waals surface area (Å²) < 4.78 is 66.7. The van der Waals surface area contributed by atoms with E-state index in [1.54, 1.807) is 24.3 Å². The smallest absolute Gasteiger partial charge is 0.318 e. The van der Waals surface area contributed by atoms with Gasteiger partial charge in [0.2, 0.25) is 0 Å². The summed E-state index contributed by atoms with van der Waals surface area (Å²) >= 11 is 0. The predicted octanol–water partition coefficient (Wildman–Crippen LogP) is 4.44. The lowest BCUT2D eigenvalue weighted by molar-refractivity contribution is -0.0107. The van der Waals surface area contributed by atoms with Crippen LogP contribution in [-0.2, 0) is 41.6 Å². The lowest BCUT2D eigenvalue weighted by atomic mass is 10.1. The number of carbonyl (C=O) groups is 4. The fourth-order valence-electron chi connectivity index (χ4n) is 4.86. The Morgan fingerprint density at radius 1 is 0.489 bits per heavy atom. The molecule has 0 bridgehead atoms. The van der Waals surface area contributed by atoms with E-state index in [1.165, 1.54) is 60.7 Å². The SMILES string of the molecule is CCc1ccc(S(=O)(=O)ON2C(=O)c3ccc(Oc4ccc5c(c4)C(=O)N(OS(=O)(=O)c4ccc(CC)cc4)C5=O)cc3C2=O)cc1. The highest BCUT2D eigenvalue weighted by molar-refractivity contribution is 7.87. The molecule has 6 rings (SSSR count). The van der Waals surface area contributed by atoms with Crippen LogP contribution in [0.15, 0.2) is 94.7 Å². The van der Waals surface area contributed by atoms with Crippen LogP contribution in [0, 0.1) is 0 Å². The number of amides is 4. The summed E-state index contributed by atoms with van der Waals surface area (Å²) in [5, 5.41) is 0.302. The van der Waals surface area contributed by atoms with Crippen molar-refractivity contribution in [3.63, 3.8) is 0 Å². The first-order valence-electron chi connectivity index (χ1n) is 14.1. The van der Waals surface area contributed by atoms with E-state index in [9.17, 15) is 36.0 Å². The summed E-state index contributed by atoms with van der Waals surface area (Å²) in [6.45, 7) is 3.79. The quantitative estimate of drug-likeness (QED) is 0.218. The van der Waals surface area contributed by atoms with Crippen LogP contribution in [0.25, 0.3) is 0 Å². The van der Waals surface area contributed by atoms with Gasteiger partial charge in [0.15, 0.2) is 0 Å². The Morgan fingerprint density at radius 2 is 0.830 bits per heavy atom. The molecule has 4 aromatic rings. The van der Waals surface area contributed by atoms with Crippen LogP contribution in [0.4, 0.5) is 0 Å². The van der Waals surface area contributed by atoms with Gasteiger partial charge in [-0.05, 0) is 84.6 Å². The maximum absolute atomic E-state index is 13.0. The van der Waals surface area contributed by atoms with E-state index in [0.717, 1.165) is 11.1 Å². The van der Waals surface area contributed by atoms with Crippen LogP contribution in [0.5, 0.6) is 11.5 Å². The van der Waals surface area contributed by atoms with E-state index < -0.39 is 43.9 Å². The van der Waals surface area contributed by atoms with Gasteiger partial charge in [0.05, 0.1) is 32.0 Å². The molecule has 0 aromatic heterocycles. The summed E-state index contributed by atoms with van der Waals surface area (Å²) in [4.78, 5) is 51.4. The van der Waals surface area contributed by atoms with Gasteiger partial charge in [0, 0.05) is 0 Å². The van der Waals surface area contributed by atoms with Crippen LogP contribution in [0.2, 0.25) is 0 Å². The highest BCUT2D eigenvalue weighted by Crippen LogP contribution is 2.34. The maximum Gasteiger partial charge on any atom is 0.318 e. The normalized spacial score (nSPS) is 14.5. The fourth-order valence-corrected chi connectivity index (χ4v) is 6.63. The number of fused-ring (bicyclic) bond motifs is 2. The summed E-state index contributed by atoms with van der Waals surface area (Å²) in [7, 11) is -9.04. The zero-order valence-electron chi connectivity index (χ0n) is 24.7. The van der Waals surface area contributed by atoms with Crippen molar-refractivity contribution in [1.82, 2.24) is 10.1 Å². The van der Waals surface area contributed by atoms with Crippen LogP contribution in [-0.4, -0.2) is 50.6 Å². The van der Waals surface area contributed by atoms with Gasteiger partial charge in [-0.2, -0.15) is 16.8 Å². The molecule has 0 fully saturated rings. The van der Waals surface area contributed by atoms with Gasteiger partial charge in [-0.1, -0.05) is 38.1 Å². The number of benzene rings is 4. The van der Waals surface area contributed by atoms with Crippen molar-refractivity contribution in [2.75, 3.05) is 0 Å². The van der Waals surface area contributed by atoms with Gasteiger partial charge in [0.1, 0.15) is 11.5 Å². The molecule has 2 aliphatic rings. The van der Waals surface area contributed by atoms with E-state index in [0.29, 0.717) is 12.8 Å². The van der Waals surface area contributed by atoms with Crippen molar-refractivity contribution in [3.8, 4) is 11.5 Å². The predicted molar refractivity (Wildman–Crippen MR) is 162 cm³/mol. The molecule has 0 aliphatic carbocycles. The lowest BCUT2D eigenvalue weighted by Crippen LogP contribution is -2.32. The lowest BCUT2D eigenvalue weighted by Gasteiger charge is -2.13. The maximum atomic E-state index is 13.0. The third-order valence-electron chi connectivity index (χ3n) is 7.46. The second-order valence-corrected chi connectivity index (χ2v) is 13.4. The molecule has 0 radical (unpaired) electrons. The van der Waals surface area contributed by atoms with Crippen LogP contribution in [0.3, 0.4) is 0 Å². The molecule has 240 valence electrons. The fraction of sp³-hybridized carbons (Fsp3) is 0.125. The summed E-state index contributed by atoms with van der Waals surface area (Å²) in [6.07, 6.45) is 1.35. The third-order valence-corrected chi connectivity index (χ3v) is 9.85. The second-order valence-electron chi connectivity index (χ2n) is 10.4. The molecule has 4 aromatic carbocycles. The Labute approximate surface area is 269 Å². The average molecular weight is 677 g/mol. The van der Waals surface area contributed by atoms with Gasteiger partial charge in [-0.3, -0.25) is 19.2 Å². The minimum absolute atomic E-state index is 0.0210. The van der Waals surface area contributed by atoms with Crippen molar-refractivity contribution in [3.05, 3.63) is 118 Å². The topological polar surface area (TPSA) is 171 Å². The van der Waals surface area contributed by atoms with Gasteiger partial charge >= 0.3 is 20.2 Å². The van der Waals surface area contributed by atoms with Crippen molar-refractivity contribution < 1.29 is 49.3 Å². The van der Waals surface area contributed by atoms with Crippen LogP contribution < -0.4 is 4.74 Å². The number of carbonyl (C=O) groups excluding carboxylic acids is 4. The molecule has 0 atom stereocenters. The van der Waals surface area contributed by atoms with E-state index >= 15 is 0 Å². The molecule has 0 saturated heterocycles. The van der Waals surface area contributed by atoms with Gasteiger partial charge in [-0.15, -0.1) is 18.7 Å². The largest absolute Gasteiger partial charge is 0.457 e.